The van der Waals surface area contributed by atoms with Gasteiger partial charge in [0.05, 0.1) is 27.8 Å². The number of rotatable bonds is 7. The standard InChI is InChI=1S/C63H41N3/c1-4-20-42(21-5-1)56-41-57(65-62(64-56)46-25-19-30-49(39-46)66-58-36-16-13-32-51(58)52-33-14-17-37-59(52)66)45-24-18-23-43(38-45)54-40-44-22-10-11-31-50(44)61-60(54)53-34-12-15-35-55(53)63(61,47-26-6-2-7-27-47)48-28-8-3-9-29-48/h1-41H. The van der Waals surface area contributed by atoms with Crippen molar-refractivity contribution in [2.75, 3.05) is 0 Å². The van der Waals surface area contributed by atoms with Gasteiger partial charge < -0.3 is 4.57 Å². The molecular weight excluding hydrogens is 799 g/mol. The summed E-state index contributed by atoms with van der Waals surface area (Å²) in [6.07, 6.45) is 0. The lowest BCUT2D eigenvalue weighted by Crippen LogP contribution is -2.28. The minimum absolute atomic E-state index is 0.540. The van der Waals surface area contributed by atoms with E-state index in [2.05, 4.69) is 253 Å². The molecule has 1 aliphatic rings. The summed E-state index contributed by atoms with van der Waals surface area (Å²) in [6, 6.07) is 90.0. The summed E-state index contributed by atoms with van der Waals surface area (Å²) in [4.78, 5) is 10.7. The predicted octanol–water partition coefficient (Wildman–Crippen LogP) is 15.8. The van der Waals surface area contributed by atoms with Crippen LogP contribution in [0.25, 0.3) is 94.4 Å². The van der Waals surface area contributed by atoms with Crippen molar-refractivity contribution >= 4 is 32.6 Å². The maximum atomic E-state index is 5.42. The van der Waals surface area contributed by atoms with Crippen LogP contribution in [0.3, 0.4) is 0 Å². The second-order valence-corrected chi connectivity index (χ2v) is 17.3. The van der Waals surface area contributed by atoms with Gasteiger partial charge in [-0.05, 0) is 97.7 Å². The Bertz CT molecular complexity index is 3720. The lowest BCUT2D eigenvalue weighted by atomic mass is 9.66. The molecule has 308 valence electrons. The van der Waals surface area contributed by atoms with E-state index in [1.54, 1.807) is 0 Å². The van der Waals surface area contributed by atoms with Crippen LogP contribution in [0.4, 0.5) is 0 Å². The van der Waals surface area contributed by atoms with Gasteiger partial charge in [-0.1, -0.05) is 206 Å². The molecule has 66 heavy (non-hydrogen) atoms. The number of para-hydroxylation sites is 2. The molecule has 0 saturated heterocycles. The van der Waals surface area contributed by atoms with Crippen LogP contribution in [-0.4, -0.2) is 14.5 Å². The third kappa shape index (κ3) is 5.84. The Balaban J connectivity index is 1.02. The first-order valence-electron chi connectivity index (χ1n) is 22.7. The number of fused-ring (bicyclic) bond motifs is 8. The second kappa shape index (κ2) is 15.3. The van der Waals surface area contributed by atoms with E-state index in [4.69, 9.17) is 9.97 Å². The van der Waals surface area contributed by atoms with Crippen LogP contribution < -0.4 is 0 Å². The first kappa shape index (κ1) is 37.9. The van der Waals surface area contributed by atoms with E-state index in [1.165, 1.54) is 71.5 Å². The summed E-state index contributed by atoms with van der Waals surface area (Å²) >= 11 is 0. The number of hydrogen-bond donors (Lipinski definition) is 0. The topological polar surface area (TPSA) is 30.7 Å². The maximum Gasteiger partial charge on any atom is 0.160 e. The zero-order valence-corrected chi connectivity index (χ0v) is 36.0. The quantitative estimate of drug-likeness (QED) is 0.160. The largest absolute Gasteiger partial charge is 0.309 e. The molecule has 0 amide bonds. The van der Waals surface area contributed by atoms with E-state index >= 15 is 0 Å². The van der Waals surface area contributed by atoms with Crippen molar-refractivity contribution < 1.29 is 0 Å². The molecule has 13 rings (SSSR count). The Labute approximate surface area is 383 Å². The summed E-state index contributed by atoms with van der Waals surface area (Å²) < 4.78 is 2.35. The van der Waals surface area contributed by atoms with E-state index in [0.717, 1.165) is 39.3 Å². The molecule has 0 spiro atoms. The Hall–Kier alpha value is -8.66. The zero-order chi connectivity index (χ0) is 43.6. The molecule has 2 aromatic heterocycles. The Morgan fingerprint density at radius 1 is 0.348 bits per heavy atom. The summed E-state index contributed by atoms with van der Waals surface area (Å²) in [5.41, 5.74) is 17.6. The molecule has 2 heterocycles. The van der Waals surface area contributed by atoms with Gasteiger partial charge in [-0.15, -0.1) is 0 Å². The van der Waals surface area contributed by atoms with Crippen molar-refractivity contribution in [2.45, 2.75) is 5.41 Å². The first-order chi connectivity index (χ1) is 32.7. The molecule has 0 atom stereocenters. The van der Waals surface area contributed by atoms with Crippen molar-refractivity contribution in [1.82, 2.24) is 14.5 Å². The van der Waals surface area contributed by atoms with E-state index in [-0.39, 0.29) is 0 Å². The van der Waals surface area contributed by atoms with E-state index < -0.39 is 5.41 Å². The lowest BCUT2D eigenvalue weighted by molar-refractivity contribution is 0.775. The zero-order valence-electron chi connectivity index (χ0n) is 36.0. The highest BCUT2D eigenvalue weighted by Crippen LogP contribution is 2.60. The van der Waals surface area contributed by atoms with Crippen molar-refractivity contribution in [3.8, 4) is 61.8 Å². The highest BCUT2D eigenvalue weighted by Gasteiger charge is 2.48. The molecular formula is C63H41N3. The van der Waals surface area contributed by atoms with E-state index in [9.17, 15) is 0 Å². The minimum Gasteiger partial charge on any atom is -0.309 e. The average Bonchev–Trinajstić information content (AvgIpc) is 3.91. The molecule has 0 aliphatic heterocycles. The van der Waals surface area contributed by atoms with Crippen LogP contribution in [-0.2, 0) is 5.41 Å². The normalized spacial score (nSPS) is 12.7. The fraction of sp³-hybridized carbons (Fsp3) is 0.0159. The van der Waals surface area contributed by atoms with Crippen LogP contribution in [0.15, 0.2) is 249 Å². The molecule has 0 unspecified atom stereocenters. The lowest BCUT2D eigenvalue weighted by Gasteiger charge is -2.35. The van der Waals surface area contributed by atoms with Crippen molar-refractivity contribution in [3.63, 3.8) is 0 Å². The van der Waals surface area contributed by atoms with Crippen LogP contribution >= 0.6 is 0 Å². The van der Waals surface area contributed by atoms with E-state index in [1.807, 2.05) is 0 Å². The van der Waals surface area contributed by atoms with Crippen LogP contribution in [0.2, 0.25) is 0 Å². The molecule has 0 N–H and O–H groups in total. The van der Waals surface area contributed by atoms with Crippen molar-refractivity contribution in [2.24, 2.45) is 0 Å². The average molecular weight is 840 g/mol. The molecule has 3 nitrogen and oxygen atoms in total. The Morgan fingerprint density at radius 2 is 0.879 bits per heavy atom. The van der Waals surface area contributed by atoms with Crippen molar-refractivity contribution in [1.29, 1.82) is 0 Å². The Kier molecular flexibility index (Phi) is 8.75. The fourth-order valence-corrected chi connectivity index (χ4v) is 10.9. The molecule has 12 aromatic rings. The van der Waals surface area contributed by atoms with Gasteiger partial charge in [0.15, 0.2) is 5.82 Å². The highest BCUT2D eigenvalue weighted by atomic mass is 15.0. The molecule has 0 radical (unpaired) electrons. The van der Waals surface area contributed by atoms with Gasteiger partial charge in [-0.25, -0.2) is 9.97 Å². The summed E-state index contributed by atoms with van der Waals surface area (Å²) in [7, 11) is 0. The SMILES string of the molecule is c1ccc(-c2cc(-c3cccc(-c4cc5ccccc5c5c4-c4ccccc4C5(c4ccccc4)c4ccccc4)c3)nc(-c3cccc(-n4c5ccccc5c5ccccc54)c3)n2)cc1. The third-order valence-corrected chi connectivity index (χ3v) is 13.6. The third-order valence-electron chi connectivity index (χ3n) is 13.6. The molecule has 0 bridgehead atoms. The van der Waals surface area contributed by atoms with Gasteiger partial charge in [0.1, 0.15) is 0 Å². The monoisotopic (exact) mass is 839 g/mol. The van der Waals surface area contributed by atoms with Crippen LogP contribution in [0, 0.1) is 0 Å². The summed E-state index contributed by atoms with van der Waals surface area (Å²) in [5.74, 6) is 0.676. The number of benzene rings is 10. The van der Waals surface area contributed by atoms with Gasteiger partial charge in [0.25, 0.3) is 0 Å². The maximum absolute atomic E-state index is 5.42. The van der Waals surface area contributed by atoms with Gasteiger partial charge in [0.2, 0.25) is 0 Å². The number of aromatic nitrogens is 3. The van der Waals surface area contributed by atoms with Crippen molar-refractivity contribution in [3.05, 3.63) is 271 Å². The summed E-state index contributed by atoms with van der Waals surface area (Å²) in [5, 5.41) is 4.93. The number of hydrogen-bond acceptors (Lipinski definition) is 2. The minimum atomic E-state index is -0.540. The molecule has 3 heteroatoms. The molecule has 10 aromatic carbocycles. The summed E-state index contributed by atoms with van der Waals surface area (Å²) in [6.45, 7) is 0. The van der Waals surface area contributed by atoms with Crippen LogP contribution in [0.5, 0.6) is 0 Å². The van der Waals surface area contributed by atoms with Gasteiger partial charge in [-0.2, -0.15) is 0 Å². The fourth-order valence-electron chi connectivity index (χ4n) is 10.9. The predicted molar refractivity (Wildman–Crippen MR) is 273 cm³/mol. The van der Waals surface area contributed by atoms with Gasteiger partial charge in [-0.3, -0.25) is 0 Å². The van der Waals surface area contributed by atoms with E-state index in [0.29, 0.717) is 5.82 Å². The Morgan fingerprint density at radius 3 is 1.59 bits per heavy atom. The highest BCUT2D eigenvalue weighted by molar-refractivity contribution is 6.10. The first-order valence-corrected chi connectivity index (χ1v) is 22.7. The molecule has 0 fully saturated rings. The second-order valence-electron chi connectivity index (χ2n) is 17.3. The number of nitrogens with zero attached hydrogens (tertiary/aromatic N) is 3. The molecule has 1 aliphatic carbocycles. The smallest absolute Gasteiger partial charge is 0.160 e. The van der Waals surface area contributed by atoms with Gasteiger partial charge >= 0.3 is 0 Å². The van der Waals surface area contributed by atoms with Gasteiger partial charge in [0, 0.05) is 33.2 Å². The molecule has 0 saturated carbocycles. The van der Waals surface area contributed by atoms with Crippen LogP contribution in [0.1, 0.15) is 22.3 Å².